The molecule has 0 spiro atoms. The number of anilines is 1. The number of hydrogen-bond donors (Lipinski definition) is 0. The number of benzene rings is 1. The third kappa shape index (κ3) is 4.30. The summed E-state index contributed by atoms with van der Waals surface area (Å²) < 4.78 is 18.8. The summed E-state index contributed by atoms with van der Waals surface area (Å²) in [7, 11) is 0. The zero-order chi connectivity index (χ0) is 17.8. The lowest BCUT2D eigenvalue weighted by atomic mass is 10.1. The largest absolute Gasteiger partial charge is 0.373 e. The van der Waals surface area contributed by atoms with Crippen LogP contribution in [0.25, 0.3) is 0 Å². The number of pyridine rings is 1. The van der Waals surface area contributed by atoms with E-state index >= 15 is 0 Å². The van der Waals surface area contributed by atoms with Crippen LogP contribution in [0.3, 0.4) is 0 Å². The van der Waals surface area contributed by atoms with Crippen LogP contribution >= 0.6 is 0 Å². The molecule has 0 radical (unpaired) electrons. The monoisotopic (exact) mass is 345 g/mol. The predicted molar refractivity (Wildman–Crippen MR) is 92.1 cm³/mol. The zero-order valence-corrected chi connectivity index (χ0v) is 14.0. The molecule has 1 aliphatic rings. The van der Waals surface area contributed by atoms with Crippen LogP contribution < -0.4 is 4.90 Å². The quantitative estimate of drug-likeness (QED) is 0.611. The summed E-state index contributed by atoms with van der Waals surface area (Å²) in [6.45, 7) is 3.78. The number of piperidine rings is 1. The van der Waals surface area contributed by atoms with E-state index in [9.17, 15) is 14.5 Å². The first-order chi connectivity index (χ1) is 12.0. The molecule has 2 heterocycles. The maximum absolute atomic E-state index is 12.9. The summed E-state index contributed by atoms with van der Waals surface area (Å²) in [5.74, 6) is 0.517. The Bertz CT molecular complexity index is 744. The van der Waals surface area contributed by atoms with E-state index in [2.05, 4.69) is 9.88 Å². The van der Waals surface area contributed by atoms with E-state index in [1.54, 1.807) is 25.1 Å². The van der Waals surface area contributed by atoms with Crippen LogP contribution in [-0.4, -0.2) is 29.1 Å². The molecule has 0 N–H and O–H groups in total. The smallest absolute Gasteiger partial charge is 0.290 e. The topological polar surface area (TPSA) is 68.5 Å². The van der Waals surface area contributed by atoms with Crippen molar-refractivity contribution in [2.75, 3.05) is 18.0 Å². The number of halogens is 1. The molecule has 132 valence electrons. The van der Waals surface area contributed by atoms with Crippen molar-refractivity contribution in [2.24, 2.45) is 0 Å². The summed E-state index contributed by atoms with van der Waals surface area (Å²) in [4.78, 5) is 16.8. The summed E-state index contributed by atoms with van der Waals surface area (Å²) in [5, 5.41) is 10.9. The minimum atomic E-state index is -0.415. The molecule has 25 heavy (non-hydrogen) atoms. The molecule has 0 amide bonds. The lowest BCUT2D eigenvalue weighted by molar-refractivity contribution is -0.385. The third-order valence-electron chi connectivity index (χ3n) is 4.43. The number of ether oxygens (including phenoxy) is 1. The molecule has 0 saturated carbocycles. The van der Waals surface area contributed by atoms with Crippen LogP contribution in [0.4, 0.5) is 15.9 Å². The van der Waals surface area contributed by atoms with Gasteiger partial charge < -0.3 is 9.64 Å². The molecule has 0 bridgehead atoms. The van der Waals surface area contributed by atoms with Crippen LogP contribution in [-0.2, 0) is 11.3 Å². The Hall–Kier alpha value is -2.54. The van der Waals surface area contributed by atoms with Crippen molar-refractivity contribution in [1.29, 1.82) is 0 Å². The predicted octanol–water partition coefficient (Wildman–Crippen LogP) is 3.62. The van der Waals surface area contributed by atoms with Gasteiger partial charge in [0.05, 0.1) is 17.6 Å². The molecule has 6 nitrogen and oxygen atoms in total. The van der Waals surface area contributed by atoms with Gasteiger partial charge in [0, 0.05) is 18.7 Å². The fraction of sp³-hybridized carbons (Fsp3) is 0.389. The summed E-state index contributed by atoms with van der Waals surface area (Å²) in [5.41, 5.74) is 1.61. The normalized spacial score (nSPS) is 15.4. The molecule has 1 aliphatic heterocycles. The number of aryl methyl sites for hydroxylation is 1. The highest BCUT2D eigenvalue weighted by Crippen LogP contribution is 2.25. The lowest BCUT2D eigenvalue weighted by Gasteiger charge is -2.32. The molecule has 1 fully saturated rings. The molecule has 0 atom stereocenters. The summed E-state index contributed by atoms with van der Waals surface area (Å²) >= 11 is 0. The van der Waals surface area contributed by atoms with Gasteiger partial charge in [0.2, 0.25) is 0 Å². The number of aromatic nitrogens is 1. The van der Waals surface area contributed by atoms with E-state index in [4.69, 9.17) is 4.74 Å². The molecule has 2 aromatic rings. The number of hydrogen-bond acceptors (Lipinski definition) is 5. The molecule has 0 aliphatic carbocycles. The molecule has 0 unspecified atom stereocenters. The fourth-order valence-corrected chi connectivity index (χ4v) is 2.94. The first-order valence-electron chi connectivity index (χ1n) is 8.25. The van der Waals surface area contributed by atoms with Crippen molar-refractivity contribution in [2.45, 2.75) is 32.5 Å². The van der Waals surface area contributed by atoms with Crippen molar-refractivity contribution >= 4 is 11.5 Å². The van der Waals surface area contributed by atoms with Crippen LogP contribution in [0.2, 0.25) is 0 Å². The van der Waals surface area contributed by atoms with Crippen molar-refractivity contribution in [3.05, 3.63) is 63.6 Å². The van der Waals surface area contributed by atoms with E-state index < -0.39 is 4.92 Å². The van der Waals surface area contributed by atoms with E-state index in [1.807, 2.05) is 0 Å². The Labute approximate surface area is 145 Å². The number of rotatable bonds is 5. The molecule has 1 aromatic heterocycles. The molecule has 7 heteroatoms. The van der Waals surface area contributed by atoms with Gasteiger partial charge in [-0.1, -0.05) is 12.1 Å². The highest BCUT2D eigenvalue weighted by atomic mass is 19.1. The zero-order valence-electron chi connectivity index (χ0n) is 14.0. The lowest BCUT2D eigenvalue weighted by Crippen LogP contribution is -2.37. The first-order valence-corrected chi connectivity index (χ1v) is 8.25. The highest BCUT2D eigenvalue weighted by molar-refractivity contribution is 5.48. The van der Waals surface area contributed by atoms with Gasteiger partial charge in [-0.3, -0.25) is 10.1 Å². The molecular weight excluding hydrogens is 325 g/mol. The average molecular weight is 345 g/mol. The van der Waals surface area contributed by atoms with Gasteiger partial charge >= 0.3 is 0 Å². The maximum Gasteiger partial charge on any atom is 0.290 e. The second kappa shape index (κ2) is 7.57. The molecule has 1 aromatic carbocycles. The van der Waals surface area contributed by atoms with Gasteiger partial charge in [-0.15, -0.1) is 0 Å². The second-order valence-corrected chi connectivity index (χ2v) is 6.21. The first kappa shape index (κ1) is 17.3. The van der Waals surface area contributed by atoms with Gasteiger partial charge in [-0.25, -0.2) is 9.37 Å². The van der Waals surface area contributed by atoms with E-state index in [0.29, 0.717) is 12.2 Å². The van der Waals surface area contributed by atoms with Gasteiger partial charge in [0.1, 0.15) is 17.8 Å². The molecular formula is C18H20FN3O3. The Kier molecular flexibility index (Phi) is 5.23. The second-order valence-electron chi connectivity index (χ2n) is 6.21. The van der Waals surface area contributed by atoms with E-state index in [-0.39, 0.29) is 17.6 Å². The van der Waals surface area contributed by atoms with E-state index in [0.717, 1.165) is 37.3 Å². The fourth-order valence-electron chi connectivity index (χ4n) is 2.94. The van der Waals surface area contributed by atoms with Crippen molar-refractivity contribution < 1.29 is 14.1 Å². The Balaban J connectivity index is 1.52. The number of nitrogens with zero attached hydrogens (tertiary/aromatic N) is 3. The maximum atomic E-state index is 12.9. The standard InChI is InChI=1S/C18H20FN3O3/c1-13-10-18(20-11-17(13)22(23)24)21-8-6-16(7-9-21)25-12-14-2-4-15(19)5-3-14/h2-5,10-11,16H,6-9,12H2,1H3. The summed E-state index contributed by atoms with van der Waals surface area (Å²) in [6, 6.07) is 8.09. The van der Waals surface area contributed by atoms with E-state index in [1.165, 1.54) is 18.3 Å². The van der Waals surface area contributed by atoms with Crippen LogP contribution in [0.5, 0.6) is 0 Å². The molecule has 1 saturated heterocycles. The Morgan fingerprint density at radius 3 is 2.60 bits per heavy atom. The SMILES string of the molecule is Cc1cc(N2CCC(OCc3ccc(F)cc3)CC2)ncc1[N+](=O)[O-]. The van der Waals surface area contributed by atoms with Crippen LogP contribution in [0.1, 0.15) is 24.0 Å². The van der Waals surface area contributed by atoms with Gasteiger partial charge in [0.25, 0.3) is 5.69 Å². The Morgan fingerprint density at radius 2 is 2.00 bits per heavy atom. The number of nitro groups is 1. The Morgan fingerprint density at radius 1 is 1.32 bits per heavy atom. The molecule has 3 rings (SSSR count). The minimum absolute atomic E-state index is 0.0428. The van der Waals surface area contributed by atoms with Gasteiger partial charge in [0.15, 0.2) is 0 Å². The highest BCUT2D eigenvalue weighted by Gasteiger charge is 2.22. The third-order valence-corrected chi connectivity index (χ3v) is 4.43. The van der Waals surface area contributed by atoms with Crippen molar-refractivity contribution in [3.8, 4) is 0 Å². The van der Waals surface area contributed by atoms with Crippen molar-refractivity contribution in [1.82, 2.24) is 4.98 Å². The van der Waals surface area contributed by atoms with Crippen LogP contribution in [0.15, 0.2) is 36.5 Å². The minimum Gasteiger partial charge on any atom is -0.373 e. The van der Waals surface area contributed by atoms with Gasteiger partial charge in [-0.2, -0.15) is 0 Å². The van der Waals surface area contributed by atoms with Crippen LogP contribution in [0, 0.1) is 22.9 Å². The summed E-state index contributed by atoms with van der Waals surface area (Å²) in [6.07, 6.45) is 3.19. The average Bonchev–Trinajstić information content (AvgIpc) is 2.61. The van der Waals surface area contributed by atoms with Gasteiger partial charge in [-0.05, 0) is 43.5 Å². The van der Waals surface area contributed by atoms with Crippen molar-refractivity contribution in [3.63, 3.8) is 0 Å².